The van der Waals surface area contributed by atoms with Gasteiger partial charge < -0.3 is 5.11 Å². The molecule has 1 rings (SSSR count). The van der Waals surface area contributed by atoms with Crippen LogP contribution in [0.1, 0.15) is 12.6 Å². The number of aromatic nitrogens is 2. The Morgan fingerprint density at radius 2 is 2.50 bits per heavy atom. The number of aliphatic hydroxyl groups excluding tert-OH is 1. The van der Waals surface area contributed by atoms with E-state index in [9.17, 15) is 5.11 Å². The summed E-state index contributed by atoms with van der Waals surface area (Å²) in [5.41, 5.74) is 0. The van der Waals surface area contributed by atoms with Crippen LogP contribution in [0.15, 0.2) is 18.5 Å². The van der Waals surface area contributed by atoms with Crippen LogP contribution < -0.4 is 0 Å². The molecule has 0 amide bonds. The summed E-state index contributed by atoms with van der Waals surface area (Å²) in [6.07, 6.45) is 3.28. The van der Waals surface area contributed by atoms with E-state index in [1.807, 2.05) is 0 Å². The summed E-state index contributed by atoms with van der Waals surface area (Å²) in [7, 11) is 0. The minimum Gasteiger partial charge on any atom is -0.372 e. The highest BCUT2D eigenvalue weighted by Crippen LogP contribution is 2.05. The van der Waals surface area contributed by atoms with E-state index in [0.717, 1.165) is 0 Å². The molecule has 4 heteroatoms. The van der Waals surface area contributed by atoms with E-state index in [2.05, 4.69) is 5.10 Å². The van der Waals surface area contributed by atoms with Crippen molar-refractivity contribution in [1.29, 1.82) is 0 Å². The first-order chi connectivity index (χ1) is 4.84. The Labute approximate surface area is 64.2 Å². The van der Waals surface area contributed by atoms with Gasteiger partial charge in [-0.15, -0.1) is 11.6 Å². The molecular weight excluding hydrogens is 152 g/mol. The molecule has 1 aromatic rings. The van der Waals surface area contributed by atoms with Crippen molar-refractivity contribution < 1.29 is 5.11 Å². The van der Waals surface area contributed by atoms with Crippen LogP contribution in [0.2, 0.25) is 0 Å². The zero-order valence-corrected chi connectivity index (χ0v) is 6.20. The molecule has 0 bridgehead atoms. The standard InChI is InChI=1S/C6H9ClN2O/c7-3-2-6(10)9-5-1-4-8-9/h1,4-6,10H,2-3H2. The van der Waals surface area contributed by atoms with Crippen LogP contribution in [0.25, 0.3) is 0 Å². The summed E-state index contributed by atoms with van der Waals surface area (Å²) >= 11 is 5.41. The highest BCUT2D eigenvalue weighted by molar-refractivity contribution is 6.17. The second-order valence-electron chi connectivity index (χ2n) is 1.94. The molecule has 10 heavy (non-hydrogen) atoms. The molecule has 1 atom stereocenters. The van der Waals surface area contributed by atoms with Crippen LogP contribution in [0.5, 0.6) is 0 Å². The number of aliphatic hydroxyl groups is 1. The van der Waals surface area contributed by atoms with E-state index in [0.29, 0.717) is 12.3 Å². The highest BCUT2D eigenvalue weighted by atomic mass is 35.5. The lowest BCUT2D eigenvalue weighted by molar-refractivity contribution is 0.0876. The molecule has 0 aliphatic heterocycles. The van der Waals surface area contributed by atoms with Crippen LogP contribution in [0.4, 0.5) is 0 Å². The van der Waals surface area contributed by atoms with Crippen LogP contribution in [-0.2, 0) is 0 Å². The maximum atomic E-state index is 9.23. The van der Waals surface area contributed by atoms with Gasteiger partial charge in [-0.1, -0.05) is 0 Å². The number of alkyl halides is 1. The largest absolute Gasteiger partial charge is 0.372 e. The molecule has 0 aliphatic carbocycles. The second kappa shape index (κ2) is 3.58. The van der Waals surface area contributed by atoms with E-state index in [-0.39, 0.29) is 0 Å². The molecule has 0 fully saturated rings. The molecule has 0 aliphatic rings. The first-order valence-corrected chi connectivity index (χ1v) is 3.61. The second-order valence-corrected chi connectivity index (χ2v) is 2.32. The van der Waals surface area contributed by atoms with Gasteiger partial charge >= 0.3 is 0 Å². The van der Waals surface area contributed by atoms with Crippen molar-refractivity contribution >= 4 is 11.6 Å². The normalized spacial score (nSPS) is 13.4. The summed E-state index contributed by atoms with van der Waals surface area (Å²) in [6, 6.07) is 1.76. The van der Waals surface area contributed by atoms with E-state index in [1.165, 1.54) is 4.68 Å². The van der Waals surface area contributed by atoms with Gasteiger partial charge in [-0.2, -0.15) is 5.10 Å². The average molecular weight is 161 g/mol. The fourth-order valence-corrected chi connectivity index (χ4v) is 0.882. The predicted octanol–water partition coefficient (Wildman–Crippen LogP) is 1.00. The monoisotopic (exact) mass is 160 g/mol. The summed E-state index contributed by atoms with van der Waals surface area (Å²) in [5.74, 6) is 0.445. The fourth-order valence-electron chi connectivity index (χ4n) is 0.687. The lowest BCUT2D eigenvalue weighted by atomic mass is 10.4. The molecule has 0 radical (unpaired) electrons. The van der Waals surface area contributed by atoms with Crippen LogP contribution in [0, 0.1) is 0 Å². The highest BCUT2D eigenvalue weighted by Gasteiger charge is 2.02. The van der Waals surface area contributed by atoms with Gasteiger partial charge in [-0.05, 0) is 6.07 Å². The van der Waals surface area contributed by atoms with Crippen molar-refractivity contribution in [2.24, 2.45) is 0 Å². The maximum Gasteiger partial charge on any atom is 0.148 e. The van der Waals surface area contributed by atoms with Crippen LogP contribution >= 0.6 is 11.6 Å². The third kappa shape index (κ3) is 1.72. The van der Waals surface area contributed by atoms with E-state index in [1.54, 1.807) is 18.5 Å². The van der Waals surface area contributed by atoms with Crippen molar-refractivity contribution in [1.82, 2.24) is 9.78 Å². The van der Waals surface area contributed by atoms with Crippen LogP contribution in [0.3, 0.4) is 0 Å². The summed E-state index contributed by atoms with van der Waals surface area (Å²) < 4.78 is 1.47. The Hall–Kier alpha value is -0.540. The zero-order valence-electron chi connectivity index (χ0n) is 5.44. The van der Waals surface area contributed by atoms with Gasteiger partial charge in [0, 0.05) is 24.7 Å². The van der Waals surface area contributed by atoms with Gasteiger partial charge in [-0.25, -0.2) is 4.68 Å². The Morgan fingerprint density at radius 1 is 1.70 bits per heavy atom. The van der Waals surface area contributed by atoms with Crippen molar-refractivity contribution in [3.05, 3.63) is 18.5 Å². The van der Waals surface area contributed by atoms with Crippen molar-refractivity contribution in [2.75, 3.05) is 5.88 Å². The zero-order chi connectivity index (χ0) is 7.40. The Kier molecular flexibility index (Phi) is 2.71. The molecule has 0 saturated heterocycles. The first-order valence-electron chi connectivity index (χ1n) is 3.07. The molecule has 0 saturated carbocycles. The molecular formula is C6H9ClN2O. The van der Waals surface area contributed by atoms with Crippen molar-refractivity contribution in [3.63, 3.8) is 0 Å². The topological polar surface area (TPSA) is 38.0 Å². The number of halogens is 1. The average Bonchev–Trinajstić information content (AvgIpc) is 2.38. The number of nitrogens with zero attached hydrogens (tertiary/aromatic N) is 2. The first kappa shape index (κ1) is 7.57. The molecule has 1 heterocycles. The van der Waals surface area contributed by atoms with Gasteiger partial charge in [0.05, 0.1) is 0 Å². The summed E-state index contributed by atoms with van der Waals surface area (Å²) in [6.45, 7) is 0. The van der Waals surface area contributed by atoms with Gasteiger partial charge in [0.2, 0.25) is 0 Å². The Bertz CT molecular complexity index is 176. The molecule has 1 aromatic heterocycles. The molecule has 1 unspecified atom stereocenters. The van der Waals surface area contributed by atoms with Crippen molar-refractivity contribution in [3.8, 4) is 0 Å². The van der Waals surface area contributed by atoms with E-state index >= 15 is 0 Å². The van der Waals surface area contributed by atoms with Gasteiger partial charge in [0.25, 0.3) is 0 Å². The van der Waals surface area contributed by atoms with Crippen LogP contribution in [-0.4, -0.2) is 20.8 Å². The Balaban J connectivity index is 2.50. The van der Waals surface area contributed by atoms with Gasteiger partial charge in [0.15, 0.2) is 0 Å². The summed E-state index contributed by atoms with van der Waals surface area (Å²) in [4.78, 5) is 0. The minimum atomic E-state index is -0.576. The molecule has 1 N–H and O–H groups in total. The predicted molar refractivity (Wildman–Crippen MR) is 38.8 cm³/mol. The minimum absolute atomic E-state index is 0.445. The molecule has 3 nitrogen and oxygen atoms in total. The van der Waals surface area contributed by atoms with Crippen molar-refractivity contribution in [2.45, 2.75) is 12.6 Å². The third-order valence-corrected chi connectivity index (χ3v) is 1.42. The fraction of sp³-hybridized carbons (Fsp3) is 0.500. The van der Waals surface area contributed by atoms with E-state index < -0.39 is 6.23 Å². The third-order valence-electron chi connectivity index (χ3n) is 1.20. The maximum absolute atomic E-state index is 9.23. The number of hydrogen-bond donors (Lipinski definition) is 1. The quantitative estimate of drug-likeness (QED) is 0.670. The SMILES string of the molecule is OC(CCCl)n1cccn1. The van der Waals surface area contributed by atoms with Gasteiger partial charge in [-0.3, -0.25) is 0 Å². The van der Waals surface area contributed by atoms with E-state index in [4.69, 9.17) is 11.6 Å². The number of rotatable bonds is 3. The molecule has 56 valence electrons. The lowest BCUT2D eigenvalue weighted by Crippen LogP contribution is -2.08. The molecule has 0 spiro atoms. The smallest absolute Gasteiger partial charge is 0.148 e. The van der Waals surface area contributed by atoms with Gasteiger partial charge in [0.1, 0.15) is 6.23 Å². The Morgan fingerprint density at radius 3 is 3.00 bits per heavy atom. The summed E-state index contributed by atoms with van der Waals surface area (Å²) in [5, 5.41) is 13.1. The molecule has 0 aromatic carbocycles. The lowest BCUT2D eigenvalue weighted by Gasteiger charge is -2.07. The number of hydrogen-bond acceptors (Lipinski definition) is 2.